The van der Waals surface area contributed by atoms with Gasteiger partial charge in [0.25, 0.3) is 10.2 Å². The fourth-order valence-electron chi connectivity index (χ4n) is 2.06. The van der Waals surface area contributed by atoms with Crippen LogP contribution in [0.2, 0.25) is 0 Å². The van der Waals surface area contributed by atoms with Crippen molar-refractivity contribution in [3.05, 3.63) is 0 Å². The van der Waals surface area contributed by atoms with Gasteiger partial charge in [-0.2, -0.15) is 17.4 Å². The monoisotopic (exact) mass is 288 g/mol. The van der Waals surface area contributed by atoms with Crippen molar-refractivity contribution in [2.24, 2.45) is 5.92 Å². The van der Waals surface area contributed by atoms with Crippen LogP contribution >= 0.6 is 0 Å². The topological polar surface area (TPSA) is 86.7 Å². The summed E-state index contributed by atoms with van der Waals surface area (Å²) in [5, 5.41) is 8.87. The van der Waals surface area contributed by atoms with Crippen molar-refractivity contribution in [3.63, 3.8) is 0 Å². The van der Waals surface area contributed by atoms with Gasteiger partial charge in [0.15, 0.2) is 0 Å². The van der Waals surface area contributed by atoms with Gasteiger partial charge in [-0.25, -0.2) is 0 Å². The maximum absolute atomic E-state index is 12.1. The fraction of sp³-hybridized carbons (Fsp3) is 0.750. The largest absolute Gasteiger partial charge is 0.481 e. The molecule has 108 valence electrons. The van der Waals surface area contributed by atoms with E-state index in [1.54, 1.807) is 0 Å². The van der Waals surface area contributed by atoms with Gasteiger partial charge in [-0.05, 0) is 19.3 Å². The van der Waals surface area contributed by atoms with E-state index in [4.69, 9.17) is 11.5 Å². The minimum Gasteiger partial charge on any atom is -0.481 e. The van der Waals surface area contributed by atoms with E-state index in [-0.39, 0.29) is 13.1 Å². The summed E-state index contributed by atoms with van der Waals surface area (Å²) < 4.78 is 27.9. The van der Waals surface area contributed by atoms with Crippen LogP contribution in [0.5, 0.6) is 0 Å². The molecule has 1 saturated heterocycles. The Kier molecular flexibility index (Phi) is 5.79. The Balaban J connectivity index is 2.60. The summed E-state index contributed by atoms with van der Waals surface area (Å²) in [5.41, 5.74) is 0. The van der Waals surface area contributed by atoms with Crippen LogP contribution in [0.25, 0.3) is 0 Å². The molecule has 0 aromatic rings. The second-order valence-electron chi connectivity index (χ2n) is 4.64. The van der Waals surface area contributed by atoms with Crippen LogP contribution in [0.3, 0.4) is 0 Å². The molecule has 0 saturated carbocycles. The van der Waals surface area contributed by atoms with Crippen LogP contribution in [0.1, 0.15) is 32.6 Å². The van der Waals surface area contributed by atoms with E-state index < -0.39 is 28.1 Å². The first-order valence-electron chi connectivity index (χ1n) is 6.37. The van der Waals surface area contributed by atoms with Crippen molar-refractivity contribution in [3.8, 4) is 12.3 Å². The van der Waals surface area contributed by atoms with E-state index in [0.29, 0.717) is 19.3 Å². The lowest BCUT2D eigenvalue weighted by atomic mass is 9.99. The molecule has 1 fully saturated rings. The summed E-state index contributed by atoms with van der Waals surface area (Å²) in [5.74, 6) is 1.10. The first-order chi connectivity index (χ1) is 8.90. The van der Waals surface area contributed by atoms with Crippen LogP contribution in [-0.2, 0) is 15.0 Å². The zero-order chi connectivity index (χ0) is 14.5. The predicted molar refractivity (Wildman–Crippen MR) is 71.5 cm³/mol. The van der Waals surface area contributed by atoms with Gasteiger partial charge < -0.3 is 5.11 Å². The molecule has 2 N–H and O–H groups in total. The fourth-order valence-corrected chi connectivity index (χ4v) is 3.45. The molecule has 0 bridgehead atoms. The van der Waals surface area contributed by atoms with Crippen molar-refractivity contribution < 1.29 is 18.3 Å². The molecule has 1 rings (SSSR count). The Morgan fingerprint density at radius 3 is 2.53 bits per heavy atom. The molecule has 1 atom stereocenters. The Labute approximate surface area is 114 Å². The van der Waals surface area contributed by atoms with E-state index >= 15 is 0 Å². The van der Waals surface area contributed by atoms with Crippen LogP contribution < -0.4 is 4.72 Å². The van der Waals surface area contributed by atoms with E-state index in [0.717, 1.165) is 6.42 Å². The van der Waals surface area contributed by atoms with Crippen molar-refractivity contribution in [1.29, 1.82) is 0 Å². The number of nitrogens with one attached hydrogen (secondary N) is 1. The van der Waals surface area contributed by atoms with Gasteiger partial charge in [0.05, 0.1) is 12.0 Å². The lowest BCUT2D eigenvalue weighted by Crippen LogP contribution is -2.48. The van der Waals surface area contributed by atoms with Crippen molar-refractivity contribution >= 4 is 16.2 Å². The third-order valence-corrected chi connectivity index (χ3v) is 4.84. The van der Waals surface area contributed by atoms with Crippen molar-refractivity contribution in [2.45, 2.75) is 38.6 Å². The van der Waals surface area contributed by atoms with Crippen LogP contribution in [0.4, 0.5) is 0 Å². The molecule has 0 spiro atoms. The summed E-state index contributed by atoms with van der Waals surface area (Å²) in [6.45, 7) is 2.36. The minimum absolute atomic E-state index is 0.218. The van der Waals surface area contributed by atoms with Gasteiger partial charge in [-0.3, -0.25) is 4.79 Å². The number of nitrogens with zero attached hydrogens (tertiary/aromatic N) is 1. The number of hydrogen-bond acceptors (Lipinski definition) is 3. The third-order valence-electron chi connectivity index (χ3n) is 3.21. The molecule has 0 radical (unpaired) electrons. The van der Waals surface area contributed by atoms with Gasteiger partial charge in [0, 0.05) is 13.1 Å². The van der Waals surface area contributed by atoms with Crippen molar-refractivity contribution in [2.75, 3.05) is 13.1 Å². The summed E-state index contributed by atoms with van der Waals surface area (Å²) in [7, 11) is -3.62. The van der Waals surface area contributed by atoms with Gasteiger partial charge in [-0.15, -0.1) is 6.42 Å². The summed E-state index contributed by atoms with van der Waals surface area (Å²) in [4.78, 5) is 10.8. The highest BCUT2D eigenvalue weighted by molar-refractivity contribution is 7.87. The van der Waals surface area contributed by atoms with Gasteiger partial charge in [0.2, 0.25) is 0 Å². The molecule has 6 nitrogen and oxygen atoms in total. The van der Waals surface area contributed by atoms with Gasteiger partial charge in [0.1, 0.15) is 0 Å². The average Bonchev–Trinajstić information content (AvgIpc) is 2.38. The zero-order valence-corrected chi connectivity index (χ0v) is 11.8. The number of terminal acetylenes is 1. The number of carbonyl (C=O) groups is 1. The molecule has 1 aliphatic heterocycles. The molecule has 19 heavy (non-hydrogen) atoms. The lowest BCUT2D eigenvalue weighted by molar-refractivity contribution is -0.142. The summed E-state index contributed by atoms with van der Waals surface area (Å²) in [6, 6.07) is -0.507. The highest BCUT2D eigenvalue weighted by Gasteiger charge is 2.31. The van der Waals surface area contributed by atoms with Gasteiger partial charge in [-0.1, -0.05) is 19.3 Å². The van der Waals surface area contributed by atoms with E-state index in [1.807, 2.05) is 6.92 Å². The van der Waals surface area contributed by atoms with E-state index in [9.17, 15) is 13.2 Å². The Morgan fingerprint density at radius 2 is 2.11 bits per heavy atom. The smallest absolute Gasteiger partial charge is 0.306 e. The second kappa shape index (κ2) is 6.89. The normalized spacial score (nSPS) is 19.8. The molecule has 0 aromatic carbocycles. The minimum atomic E-state index is -3.62. The lowest BCUT2D eigenvalue weighted by Gasteiger charge is -2.30. The standard InChI is InChI=1S/C12H20N2O4S/c1-3-5-11(4-2)13-19(17,18)14-8-6-10(7-9-14)12(15)16/h2,10-11,13H,3,5-9H2,1H3,(H,15,16). The van der Waals surface area contributed by atoms with Crippen LogP contribution in [0.15, 0.2) is 0 Å². The second-order valence-corrected chi connectivity index (χ2v) is 6.34. The summed E-state index contributed by atoms with van der Waals surface area (Å²) >= 11 is 0. The molecule has 0 aliphatic carbocycles. The quantitative estimate of drug-likeness (QED) is 0.693. The molecular formula is C12H20N2O4S. The van der Waals surface area contributed by atoms with Gasteiger partial charge >= 0.3 is 5.97 Å². The maximum atomic E-state index is 12.1. The Bertz CT molecular complexity index is 447. The molecule has 0 aromatic heterocycles. The molecular weight excluding hydrogens is 268 g/mol. The zero-order valence-electron chi connectivity index (χ0n) is 11.0. The molecule has 1 unspecified atom stereocenters. The third kappa shape index (κ3) is 4.49. The van der Waals surface area contributed by atoms with Crippen LogP contribution in [0, 0.1) is 18.3 Å². The average molecular weight is 288 g/mol. The first-order valence-corrected chi connectivity index (χ1v) is 7.81. The predicted octanol–water partition coefficient (Wildman–Crippen LogP) is 0.419. The Hall–Kier alpha value is -1.10. The molecule has 1 aliphatic rings. The van der Waals surface area contributed by atoms with E-state index in [2.05, 4.69) is 10.6 Å². The summed E-state index contributed by atoms with van der Waals surface area (Å²) in [6.07, 6.45) is 7.34. The number of carboxylic acid groups (broad SMARTS) is 1. The first kappa shape index (κ1) is 16.0. The Morgan fingerprint density at radius 1 is 1.53 bits per heavy atom. The van der Waals surface area contributed by atoms with Crippen molar-refractivity contribution in [1.82, 2.24) is 9.03 Å². The molecule has 1 heterocycles. The number of carboxylic acids is 1. The van der Waals surface area contributed by atoms with Crippen LogP contribution in [-0.4, -0.2) is 42.9 Å². The molecule has 7 heteroatoms. The SMILES string of the molecule is C#CC(CCC)NS(=O)(=O)N1CCC(C(=O)O)CC1. The maximum Gasteiger partial charge on any atom is 0.306 e. The molecule has 0 amide bonds. The van der Waals surface area contributed by atoms with E-state index in [1.165, 1.54) is 4.31 Å². The number of rotatable bonds is 6. The highest BCUT2D eigenvalue weighted by Crippen LogP contribution is 2.19. The number of hydrogen-bond donors (Lipinski definition) is 2. The number of aliphatic carboxylic acids is 1. The highest BCUT2D eigenvalue weighted by atomic mass is 32.2. The number of piperidine rings is 1.